The summed E-state index contributed by atoms with van der Waals surface area (Å²) in [6, 6.07) is 1.64. The maximum atomic E-state index is 14.6. The molecular formula is C20H24F4N4O4. The molecule has 1 heterocycles. The smallest absolute Gasteiger partial charge is 0.370 e. The molecule has 0 unspecified atom stereocenters. The Bertz CT molecular complexity index is 876. The SMILES string of the molecule is NC(=O)[C@H](C(=O)Nc1ccc(N2CCOCC2=O)cc1F)N(CC1CCC1)CC(F)(F)F. The van der Waals surface area contributed by atoms with Gasteiger partial charge in [-0.15, -0.1) is 0 Å². The van der Waals surface area contributed by atoms with E-state index in [-0.39, 0.29) is 49.5 Å². The molecule has 12 heteroatoms. The highest BCUT2D eigenvalue weighted by molar-refractivity contribution is 6.09. The molecule has 176 valence electrons. The molecule has 0 aromatic heterocycles. The van der Waals surface area contributed by atoms with E-state index in [1.165, 1.54) is 17.0 Å². The number of ether oxygens (including phenoxy) is 1. The van der Waals surface area contributed by atoms with Crippen LogP contribution in [0.15, 0.2) is 18.2 Å². The lowest BCUT2D eigenvalue weighted by molar-refractivity contribution is -0.159. The summed E-state index contributed by atoms with van der Waals surface area (Å²) in [5.74, 6) is -3.77. The van der Waals surface area contributed by atoms with Crippen LogP contribution in [-0.4, -0.2) is 67.7 Å². The van der Waals surface area contributed by atoms with Gasteiger partial charge in [-0.05, 0) is 37.0 Å². The lowest BCUT2D eigenvalue weighted by Gasteiger charge is -2.35. The van der Waals surface area contributed by atoms with Crippen molar-refractivity contribution in [3.05, 3.63) is 24.0 Å². The molecule has 32 heavy (non-hydrogen) atoms. The first-order valence-electron chi connectivity index (χ1n) is 10.1. The summed E-state index contributed by atoms with van der Waals surface area (Å²) < 4.78 is 58.9. The molecular weight excluding hydrogens is 436 g/mol. The Labute approximate surface area is 181 Å². The zero-order valence-corrected chi connectivity index (χ0v) is 17.2. The number of amides is 3. The van der Waals surface area contributed by atoms with Gasteiger partial charge in [-0.25, -0.2) is 4.39 Å². The average molecular weight is 460 g/mol. The summed E-state index contributed by atoms with van der Waals surface area (Å²) in [6.07, 6.45) is -2.41. The number of halogens is 4. The number of hydrogen-bond acceptors (Lipinski definition) is 5. The Morgan fingerprint density at radius 1 is 1.31 bits per heavy atom. The molecule has 1 aliphatic heterocycles. The Kier molecular flexibility index (Phi) is 7.34. The number of carbonyl (C=O) groups is 3. The molecule has 1 aromatic rings. The van der Waals surface area contributed by atoms with Crippen molar-refractivity contribution in [1.29, 1.82) is 0 Å². The molecule has 3 amide bonds. The van der Waals surface area contributed by atoms with Crippen molar-refractivity contribution < 1.29 is 36.7 Å². The third kappa shape index (κ3) is 5.94. The quantitative estimate of drug-likeness (QED) is 0.454. The van der Waals surface area contributed by atoms with Crippen LogP contribution >= 0.6 is 0 Å². The number of alkyl halides is 3. The first-order valence-corrected chi connectivity index (χ1v) is 10.1. The minimum atomic E-state index is -4.66. The molecule has 1 saturated carbocycles. The van der Waals surface area contributed by atoms with Crippen LogP contribution in [0.2, 0.25) is 0 Å². The van der Waals surface area contributed by atoms with Crippen molar-refractivity contribution in [2.75, 3.05) is 43.1 Å². The molecule has 1 saturated heterocycles. The zero-order valence-electron chi connectivity index (χ0n) is 17.2. The molecule has 3 rings (SSSR count). The van der Waals surface area contributed by atoms with Gasteiger partial charge in [0.25, 0.3) is 11.8 Å². The normalized spacial score (nSPS) is 18.4. The predicted molar refractivity (Wildman–Crippen MR) is 106 cm³/mol. The number of carbonyl (C=O) groups excluding carboxylic acids is 3. The number of benzene rings is 1. The molecule has 0 spiro atoms. The Balaban J connectivity index is 1.77. The van der Waals surface area contributed by atoms with Crippen LogP contribution in [0.5, 0.6) is 0 Å². The van der Waals surface area contributed by atoms with E-state index in [9.17, 15) is 31.9 Å². The number of nitrogens with zero attached hydrogens (tertiary/aromatic N) is 2. The summed E-state index contributed by atoms with van der Waals surface area (Å²) in [6.45, 7) is -1.26. The molecule has 3 N–H and O–H groups in total. The van der Waals surface area contributed by atoms with Gasteiger partial charge in [-0.3, -0.25) is 19.3 Å². The van der Waals surface area contributed by atoms with E-state index in [0.717, 1.165) is 12.5 Å². The second-order valence-electron chi connectivity index (χ2n) is 7.90. The maximum absolute atomic E-state index is 14.6. The Morgan fingerprint density at radius 3 is 2.56 bits per heavy atom. The van der Waals surface area contributed by atoms with Gasteiger partial charge in [0.1, 0.15) is 12.4 Å². The topological polar surface area (TPSA) is 105 Å². The fraction of sp³-hybridized carbons (Fsp3) is 0.550. The van der Waals surface area contributed by atoms with Gasteiger partial charge in [0.2, 0.25) is 5.91 Å². The van der Waals surface area contributed by atoms with Crippen molar-refractivity contribution in [2.45, 2.75) is 31.5 Å². The fourth-order valence-corrected chi connectivity index (χ4v) is 3.74. The average Bonchev–Trinajstić information content (AvgIpc) is 2.65. The summed E-state index contributed by atoms with van der Waals surface area (Å²) in [5.41, 5.74) is 5.16. The Hall–Kier alpha value is -2.73. The minimum Gasteiger partial charge on any atom is -0.370 e. The van der Waals surface area contributed by atoms with E-state index in [2.05, 4.69) is 5.32 Å². The van der Waals surface area contributed by atoms with Crippen LogP contribution in [-0.2, 0) is 19.1 Å². The zero-order chi connectivity index (χ0) is 23.5. The van der Waals surface area contributed by atoms with Gasteiger partial charge in [-0.1, -0.05) is 6.42 Å². The third-order valence-corrected chi connectivity index (χ3v) is 5.49. The molecule has 0 bridgehead atoms. The molecule has 2 fully saturated rings. The van der Waals surface area contributed by atoms with Gasteiger partial charge < -0.3 is 20.7 Å². The minimum absolute atomic E-state index is 0.0749. The number of rotatable bonds is 8. The van der Waals surface area contributed by atoms with Crippen molar-refractivity contribution in [2.24, 2.45) is 11.7 Å². The summed E-state index contributed by atoms with van der Waals surface area (Å²) in [7, 11) is 0. The second kappa shape index (κ2) is 9.82. The van der Waals surface area contributed by atoms with Crippen LogP contribution in [0.3, 0.4) is 0 Å². The van der Waals surface area contributed by atoms with Gasteiger partial charge in [0.15, 0.2) is 6.04 Å². The van der Waals surface area contributed by atoms with Gasteiger partial charge in [-0.2, -0.15) is 13.2 Å². The first-order chi connectivity index (χ1) is 15.0. The van der Waals surface area contributed by atoms with Crippen LogP contribution in [0.25, 0.3) is 0 Å². The summed E-state index contributed by atoms with van der Waals surface area (Å²) in [4.78, 5) is 38.5. The number of primary amides is 1. The highest BCUT2D eigenvalue weighted by Crippen LogP contribution is 2.30. The largest absolute Gasteiger partial charge is 0.401 e. The molecule has 0 radical (unpaired) electrons. The molecule has 1 aliphatic carbocycles. The van der Waals surface area contributed by atoms with Crippen molar-refractivity contribution in [3.8, 4) is 0 Å². The summed E-state index contributed by atoms with van der Waals surface area (Å²) in [5, 5.41) is 2.16. The van der Waals surface area contributed by atoms with E-state index in [1.54, 1.807) is 0 Å². The van der Waals surface area contributed by atoms with Gasteiger partial charge >= 0.3 is 6.18 Å². The lowest BCUT2D eigenvalue weighted by atomic mass is 9.84. The lowest BCUT2D eigenvalue weighted by Crippen LogP contribution is -2.56. The number of morpholine rings is 1. The summed E-state index contributed by atoms with van der Waals surface area (Å²) >= 11 is 0. The number of nitrogens with two attached hydrogens (primary N) is 1. The van der Waals surface area contributed by atoms with Crippen LogP contribution in [0, 0.1) is 11.7 Å². The van der Waals surface area contributed by atoms with E-state index >= 15 is 0 Å². The molecule has 2 aliphatic rings. The first kappa shape index (κ1) is 23.9. The van der Waals surface area contributed by atoms with Crippen LogP contribution in [0.4, 0.5) is 28.9 Å². The highest BCUT2D eigenvalue weighted by atomic mass is 19.4. The molecule has 8 nitrogen and oxygen atoms in total. The maximum Gasteiger partial charge on any atom is 0.401 e. The molecule has 1 atom stereocenters. The predicted octanol–water partition coefficient (Wildman–Crippen LogP) is 1.65. The van der Waals surface area contributed by atoms with E-state index in [4.69, 9.17) is 10.5 Å². The number of hydrogen-bond donors (Lipinski definition) is 2. The van der Waals surface area contributed by atoms with Gasteiger partial charge in [0, 0.05) is 18.8 Å². The second-order valence-corrected chi connectivity index (χ2v) is 7.90. The standard InChI is InChI=1S/C20H24F4N4O4/c21-14-8-13(28-6-7-32-10-16(28)29)4-5-15(14)26-19(31)17(18(25)30)27(11-20(22,23)24)9-12-2-1-3-12/h4-5,8,12,17H,1-3,6-7,9-11H2,(H2,25,30)(H,26,31)/t17-/m1/s1. The van der Waals surface area contributed by atoms with Gasteiger partial charge in [0.05, 0.1) is 18.8 Å². The van der Waals surface area contributed by atoms with Crippen molar-refractivity contribution >= 4 is 29.1 Å². The number of anilines is 2. The number of nitrogens with one attached hydrogen (secondary N) is 1. The third-order valence-electron chi connectivity index (χ3n) is 5.49. The van der Waals surface area contributed by atoms with E-state index in [0.29, 0.717) is 17.7 Å². The van der Waals surface area contributed by atoms with Crippen molar-refractivity contribution in [1.82, 2.24) is 4.90 Å². The van der Waals surface area contributed by atoms with Crippen LogP contribution in [0.1, 0.15) is 19.3 Å². The molecule has 1 aromatic carbocycles. The highest BCUT2D eigenvalue weighted by Gasteiger charge is 2.41. The van der Waals surface area contributed by atoms with E-state index < -0.39 is 36.4 Å². The van der Waals surface area contributed by atoms with Crippen LogP contribution < -0.4 is 16.0 Å². The van der Waals surface area contributed by atoms with Crippen molar-refractivity contribution in [3.63, 3.8) is 0 Å². The Morgan fingerprint density at radius 2 is 2.03 bits per heavy atom. The van der Waals surface area contributed by atoms with E-state index in [1.807, 2.05) is 0 Å². The monoisotopic (exact) mass is 460 g/mol. The fourth-order valence-electron chi connectivity index (χ4n) is 3.74.